The molecule has 0 radical (unpaired) electrons. The SMILES string of the molecule is C/C=C/C(=O)Cc1cncc(Br)c1. The number of halogens is 1. The first-order valence-electron chi connectivity index (χ1n) is 3.97. The summed E-state index contributed by atoms with van der Waals surface area (Å²) in [4.78, 5) is 15.2. The summed E-state index contributed by atoms with van der Waals surface area (Å²) in [5.74, 6) is 0.0994. The van der Waals surface area contributed by atoms with Gasteiger partial charge in [-0.1, -0.05) is 6.08 Å². The number of nitrogens with zero attached hydrogens (tertiary/aromatic N) is 1. The predicted octanol–water partition coefficient (Wildman–Crippen LogP) is 2.53. The topological polar surface area (TPSA) is 30.0 Å². The fourth-order valence-corrected chi connectivity index (χ4v) is 1.41. The van der Waals surface area contributed by atoms with Crippen LogP contribution in [-0.4, -0.2) is 10.8 Å². The van der Waals surface area contributed by atoms with E-state index in [0.29, 0.717) is 6.42 Å². The molecule has 3 heteroatoms. The Hall–Kier alpha value is -0.960. The van der Waals surface area contributed by atoms with Crippen molar-refractivity contribution in [2.24, 2.45) is 0 Å². The smallest absolute Gasteiger partial charge is 0.159 e. The average molecular weight is 240 g/mol. The maximum Gasteiger partial charge on any atom is 0.159 e. The summed E-state index contributed by atoms with van der Waals surface area (Å²) in [6.07, 6.45) is 7.13. The number of pyridine rings is 1. The Balaban J connectivity index is 2.69. The van der Waals surface area contributed by atoms with Crippen LogP contribution in [0.15, 0.2) is 35.1 Å². The van der Waals surface area contributed by atoms with Crippen molar-refractivity contribution in [2.75, 3.05) is 0 Å². The highest BCUT2D eigenvalue weighted by Gasteiger charge is 1.99. The van der Waals surface area contributed by atoms with Crippen LogP contribution >= 0.6 is 15.9 Å². The van der Waals surface area contributed by atoms with E-state index in [2.05, 4.69) is 20.9 Å². The molecule has 0 fully saturated rings. The Morgan fingerprint density at radius 1 is 1.62 bits per heavy atom. The summed E-state index contributed by atoms with van der Waals surface area (Å²) in [5.41, 5.74) is 0.928. The normalized spacial score (nSPS) is 10.6. The van der Waals surface area contributed by atoms with Crippen molar-refractivity contribution in [3.63, 3.8) is 0 Å². The van der Waals surface area contributed by atoms with Crippen molar-refractivity contribution in [1.82, 2.24) is 4.98 Å². The molecule has 1 heterocycles. The highest BCUT2D eigenvalue weighted by atomic mass is 79.9. The monoisotopic (exact) mass is 239 g/mol. The van der Waals surface area contributed by atoms with Crippen LogP contribution in [0.2, 0.25) is 0 Å². The Morgan fingerprint density at radius 2 is 2.38 bits per heavy atom. The molecular formula is C10H10BrNO. The lowest BCUT2D eigenvalue weighted by Gasteiger charge is -1.96. The highest BCUT2D eigenvalue weighted by Crippen LogP contribution is 2.10. The van der Waals surface area contributed by atoms with Crippen molar-refractivity contribution in [3.05, 3.63) is 40.6 Å². The Kier molecular flexibility index (Phi) is 3.83. The third-order valence-electron chi connectivity index (χ3n) is 1.49. The molecule has 0 aliphatic carbocycles. The summed E-state index contributed by atoms with van der Waals surface area (Å²) >= 11 is 3.30. The first-order chi connectivity index (χ1) is 6.22. The maximum atomic E-state index is 11.2. The molecule has 0 saturated heterocycles. The van der Waals surface area contributed by atoms with Crippen LogP contribution in [0.25, 0.3) is 0 Å². The van der Waals surface area contributed by atoms with Crippen LogP contribution in [0.4, 0.5) is 0 Å². The predicted molar refractivity (Wildman–Crippen MR) is 55.5 cm³/mol. The van der Waals surface area contributed by atoms with Gasteiger partial charge in [0.2, 0.25) is 0 Å². The van der Waals surface area contributed by atoms with E-state index in [-0.39, 0.29) is 5.78 Å². The number of allylic oxidation sites excluding steroid dienone is 2. The van der Waals surface area contributed by atoms with E-state index in [1.807, 2.05) is 13.0 Å². The average Bonchev–Trinajstić information content (AvgIpc) is 2.04. The molecule has 0 aliphatic rings. The van der Waals surface area contributed by atoms with Crippen molar-refractivity contribution in [2.45, 2.75) is 13.3 Å². The van der Waals surface area contributed by atoms with Gasteiger partial charge in [-0.2, -0.15) is 0 Å². The van der Waals surface area contributed by atoms with E-state index < -0.39 is 0 Å². The van der Waals surface area contributed by atoms with Gasteiger partial charge in [-0.15, -0.1) is 0 Å². The second-order valence-corrected chi connectivity index (χ2v) is 3.57. The third-order valence-corrected chi connectivity index (χ3v) is 1.93. The summed E-state index contributed by atoms with van der Waals surface area (Å²) < 4.78 is 0.901. The molecule has 0 amide bonds. The van der Waals surface area contributed by atoms with E-state index in [1.165, 1.54) is 0 Å². The number of ketones is 1. The number of carbonyl (C=O) groups excluding carboxylic acids is 1. The molecular weight excluding hydrogens is 230 g/mol. The van der Waals surface area contributed by atoms with Crippen molar-refractivity contribution in [1.29, 1.82) is 0 Å². The molecule has 1 aromatic heterocycles. The number of carbonyl (C=O) groups is 1. The zero-order valence-corrected chi connectivity index (χ0v) is 8.91. The van der Waals surface area contributed by atoms with Crippen LogP contribution in [0.1, 0.15) is 12.5 Å². The molecule has 68 valence electrons. The van der Waals surface area contributed by atoms with Gasteiger partial charge in [0, 0.05) is 23.3 Å². The standard InChI is InChI=1S/C10H10BrNO/c1-2-3-10(13)5-8-4-9(11)7-12-6-8/h2-4,6-7H,5H2,1H3/b3-2+. The number of hydrogen-bond donors (Lipinski definition) is 0. The van der Waals surface area contributed by atoms with Crippen molar-refractivity contribution >= 4 is 21.7 Å². The molecule has 0 N–H and O–H groups in total. The zero-order valence-electron chi connectivity index (χ0n) is 7.33. The number of hydrogen-bond acceptors (Lipinski definition) is 2. The van der Waals surface area contributed by atoms with Gasteiger partial charge in [-0.25, -0.2) is 0 Å². The number of aromatic nitrogens is 1. The minimum atomic E-state index is 0.0994. The van der Waals surface area contributed by atoms with E-state index in [1.54, 1.807) is 24.5 Å². The molecule has 1 rings (SSSR count). The Labute approximate surface area is 85.8 Å². The molecule has 0 saturated carbocycles. The zero-order chi connectivity index (χ0) is 9.68. The van der Waals surface area contributed by atoms with Gasteiger partial charge >= 0.3 is 0 Å². The summed E-state index contributed by atoms with van der Waals surface area (Å²) in [7, 11) is 0. The van der Waals surface area contributed by atoms with Gasteiger partial charge in [-0.3, -0.25) is 9.78 Å². The number of rotatable bonds is 3. The third kappa shape index (κ3) is 3.51. The van der Waals surface area contributed by atoms with Gasteiger partial charge in [0.15, 0.2) is 5.78 Å². The largest absolute Gasteiger partial charge is 0.294 e. The van der Waals surface area contributed by atoms with Gasteiger partial charge in [0.1, 0.15) is 0 Å². The van der Waals surface area contributed by atoms with Gasteiger partial charge < -0.3 is 0 Å². The second-order valence-electron chi connectivity index (χ2n) is 2.65. The molecule has 0 aliphatic heterocycles. The quantitative estimate of drug-likeness (QED) is 0.760. The van der Waals surface area contributed by atoms with E-state index in [9.17, 15) is 4.79 Å². The lowest BCUT2D eigenvalue weighted by molar-refractivity contribution is -0.114. The maximum absolute atomic E-state index is 11.2. The van der Waals surface area contributed by atoms with Crippen LogP contribution in [0, 0.1) is 0 Å². The molecule has 13 heavy (non-hydrogen) atoms. The molecule has 0 bridgehead atoms. The lowest BCUT2D eigenvalue weighted by Crippen LogP contribution is -1.98. The summed E-state index contributed by atoms with van der Waals surface area (Å²) in [6, 6.07) is 1.90. The van der Waals surface area contributed by atoms with Crippen LogP contribution in [0.5, 0.6) is 0 Å². The molecule has 0 unspecified atom stereocenters. The summed E-state index contributed by atoms with van der Waals surface area (Å²) in [6.45, 7) is 1.83. The van der Waals surface area contributed by atoms with E-state index in [4.69, 9.17) is 0 Å². The molecule has 1 aromatic rings. The van der Waals surface area contributed by atoms with E-state index in [0.717, 1.165) is 10.0 Å². The Morgan fingerprint density at radius 3 is 3.00 bits per heavy atom. The molecule has 0 atom stereocenters. The van der Waals surface area contributed by atoms with E-state index >= 15 is 0 Å². The lowest BCUT2D eigenvalue weighted by atomic mass is 10.1. The van der Waals surface area contributed by atoms with Gasteiger partial charge in [-0.05, 0) is 40.6 Å². The molecule has 2 nitrogen and oxygen atoms in total. The van der Waals surface area contributed by atoms with Crippen LogP contribution in [0.3, 0.4) is 0 Å². The first-order valence-corrected chi connectivity index (χ1v) is 4.76. The fraction of sp³-hybridized carbons (Fsp3) is 0.200. The Bertz CT molecular complexity index is 333. The highest BCUT2D eigenvalue weighted by molar-refractivity contribution is 9.10. The summed E-state index contributed by atoms with van der Waals surface area (Å²) in [5, 5.41) is 0. The molecule has 0 aromatic carbocycles. The minimum Gasteiger partial charge on any atom is -0.294 e. The minimum absolute atomic E-state index is 0.0994. The second kappa shape index (κ2) is 4.92. The molecule has 0 spiro atoms. The van der Waals surface area contributed by atoms with Crippen molar-refractivity contribution in [3.8, 4) is 0 Å². The first kappa shape index (κ1) is 10.1. The van der Waals surface area contributed by atoms with Crippen LogP contribution < -0.4 is 0 Å². The fourth-order valence-electron chi connectivity index (χ4n) is 0.999. The van der Waals surface area contributed by atoms with Gasteiger partial charge in [0.05, 0.1) is 0 Å². The van der Waals surface area contributed by atoms with Gasteiger partial charge in [0.25, 0.3) is 0 Å². The van der Waals surface area contributed by atoms with Crippen molar-refractivity contribution < 1.29 is 4.79 Å². The van der Waals surface area contributed by atoms with Crippen LogP contribution in [-0.2, 0) is 11.2 Å².